The van der Waals surface area contributed by atoms with E-state index in [-0.39, 0.29) is 6.10 Å². The van der Waals surface area contributed by atoms with Crippen LogP contribution in [0.5, 0.6) is 0 Å². The average molecular weight is 226 g/mol. The van der Waals surface area contributed by atoms with Crippen molar-refractivity contribution in [3.8, 4) is 0 Å². The summed E-state index contributed by atoms with van der Waals surface area (Å²) < 4.78 is 5.36. The van der Waals surface area contributed by atoms with E-state index in [4.69, 9.17) is 4.74 Å². The molecule has 3 nitrogen and oxygen atoms in total. The summed E-state index contributed by atoms with van der Waals surface area (Å²) in [6.45, 7) is 9.57. The molecule has 3 heteroatoms. The van der Waals surface area contributed by atoms with Crippen LogP contribution in [0.4, 0.5) is 0 Å². The Hall–Kier alpha value is -0.670. The van der Waals surface area contributed by atoms with Crippen LogP contribution in [-0.4, -0.2) is 51.0 Å². The molecule has 0 saturated heterocycles. The fourth-order valence-electron chi connectivity index (χ4n) is 1.60. The van der Waals surface area contributed by atoms with Crippen molar-refractivity contribution in [1.82, 2.24) is 4.90 Å². The molecule has 0 aromatic carbocycles. The molecule has 2 unspecified atom stereocenters. The minimum atomic E-state index is 0.140. The van der Waals surface area contributed by atoms with Crippen LogP contribution in [-0.2, 0) is 4.74 Å². The van der Waals surface area contributed by atoms with Gasteiger partial charge in [-0.15, -0.1) is 0 Å². The lowest BCUT2D eigenvalue weighted by Gasteiger charge is -2.27. The van der Waals surface area contributed by atoms with Gasteiger partial charge in [0.15, 0.2) is 0 Å². The number of nitrogens with zero attached hydrogens (tertiary/aromatic N) is 2. The quantitative estimate of drug-likeness (QED) is 0.650. The Kier molecular flexibility index (Phi) is 7.26. The molecule has 0 saturated carbocycles. The Labute approximate surface area is 100 Å². The molecule has 94 valence electrons. The fraction of sp³-hybridized carbons (Fsp3) is 0.769. The SMILES string of the molecule is CCN(C)C(C)C(C=NC)=C(C)C(C)OC. The van der Waals surface area contributed by atoms with Crippen LogP contribution in [0, 0.1) is 0 Å². The van der Waals surface area contributed by atoms with Crippen LogP contribution in [0.3, 0.4) is 0 Å². The highest BCUT2D eigenvalue weighted by Gasteiger charge is 2.16. The molecule has 0 spiro atoms. The minimum absolute atomic E-state index is 0.140. The van der Waals surface area contributed by atoms with Gasteiger partial charge in [-0.2, -0.15) is 0 Å². The monoisotopic (exact) mass is 226 g/mol. The summed E-state index contributed by atoms with van der Waals surface area (Å²) in [5.74, 6) is 0. The van der Waals surface area contributed by atoms with E-state index in [9.17, 15) is 0 Å². The molecule has 0 fully saturated rings. The molecule has 2 atom stereocenters. The van der Waals surface area contributed by atoms with Crippen LogP contribution >= 0.6 is 0 Å². The number of hydrogen-bond acceptors (Lipinski definition) is 3. The zero-order valence-electron chi connectivity index (χ0n) is 11.7. The number of hydrogen-bond donors (Lipinski definition) is 0. The van der Waals surface area contributed by atoms with E-state index in [2.05, 4.69) is 44.6 Å². The zero-order valence-corrected chi connectivity index (χ0v) is 11.7. The molecule has 0 bridgehead atoms. The second-order valence-electron chi connectivity index (χ2n) is 4.15. The van der Waals surface area contributed by atoms with E-state index in [1.165, 1.54) is 11.1 Å². The molecule has 0 rings (SSSR count). The van der Waals surface area contributed by atoms with Crippen molar-refractivity contribution in [1.29, 1.82) is 0 Å². The Bertz CT molecular complexity index is 259. The third kappa shape index (κ3) is 4.06. The van der Waals surface area contributed by atoms with Gasteiger partial charge in [-0.05, 0) is 45.5 Å². The number of methoxy groups -OCH3 is 1. The van der Waals surface area contributed by atoms with Crippen LogP contribution in [0.15, 0.2) is 16.1 Å². The van der Waals surface area contributed by atoms with Gasteiger partial charge in [0, 0.05) is 26.4 Å². The van der Waals surface area contributed by atoms with E-state index >= 15 is 0 Å². The van der Waals surface area contributed by atoms with Crippen LogP contribution in [0.2, 0.25) is 0 Å². The van der Waals surface area contributed by atoms with Gasteiger partial charge in [0.2, 0.25) is 0 Å². The Morgan fingerprint density at radius 1 is 1.44 bits per heavy atom. The molecule has 0 aromatic rings. The van der Waals surface area contributed by atoms with E-state index in [0.29, 0.717) is 6.04 Å². The summed E-state index contributed by atoms with van der Waals surface area (Å²) >= 11 is 0. The van der Waals surface area contributed by atoms with E-state index < -0.39 is 0 Å². The summed E-state index contributed by atoms with van der Waals surface area (Å²) in [6.07, 6.45) is 2.09. The molecule has 0 amide bonds. The number of likely N-dealkylation sites (N-methyl/N-ethyl adjacent to an activating group) is 1. The molecular weight excluding hydrogens is 200 g/mol. The van der Waals surface area contributed by atoms with Crippen molar-refractivity contribution in [2.75, 3.05) is 27.7 Å². The smallest absolute Gasteiger partial charge is 0.0757 e. The summed E-state index contributed by atoms with van der Waals surface area (Å²) in [5.41, 5.74) is 2.50. The molecule has 0 N–H and O–H groups in total. The van der Waals surface area contributed by atoms with Crippen molar-refractivity contribution >= 4 is 6.21 Å². The lowest BCUT2D eigenvalue weighted by Crippen LogP contribution is -2.32. The summed E-state index contributed by atoms with van der Waals surface area (Å²) in [6, 6.07) is 0.367. The normalized spacial score (nSPS) is 17.8. The number of ether oxygens (including phenoxy) is 1. The van der Waals surface area contributed by atoms with Gasteiger partial charge in [-0.3, -0.25) is 9.89 Å². The molecule has 0 aliphatic carbocycles. The maximum absolute atomic E-state index is 5.36. The summed E-state index contributed by atoms with van der Waals surface area (Å²) in [4.78, 5) is 6.44. The van der Waals surface area contributed by atoms with Crippen LogP contribution in [0.25, 0.3) is 0 Å². The second kappa shape index (κ2) is 7.58. The van der Waals surface area contributed by atoms with Gasteiger partial charge in [-0.1, -0.05) is 6.92 Å². The van der Waals surface area contributed by atoms with Gasteiger partial charge < -0.3 is 4.74 Å². The minimum Gasteiger partial charge on any atom is -0.377 e. The number of aliphatic imine (C=N–C) groups is 1. The summed E-state index contributed by atoms with van der Waals surface area (Å²) in [5, 5.41) is 0. The second-order valence-corrected chi connectivity index (χ2v) is 4.15. The Morgan fingerprint density at radius 3 is 2.38 bits per heavy atom. The van der Waals surface area contributed by atoms with Gasteiger partial charge in [0.25, 0.3) is 0 Å². The van der Waals surface area contributed by atoms with Crippen molar-refractivity contribution in [2.45, 2.75) is 39.8 Å². The predicted molar refractivity (Wildman–Crippen MR) is 71.4 cm³/mol. The highest BCUT2D eigenvalue weighted by Crippen LogP contribution is 2.16. The first kappa shape index (κ1) is 15.3. The first-order valence-corrected chi connectivity index (χ1v) is 5.85. The van der Waals surface area contributed by atoms with Crippen molar-refractivity contribution in [3.05, 3.63) is 11.1 Å². The van der Waals surface area contributed by atoms with Crippen molar-refractivity contribution in [2.24, 2.45) is 4.99 Å². The zero-order chi connectivity index (χ0) is 12.7. The van der Waals surface area contributed by atoms with Crippen LogP contribution in [0.1, 0.15) is 27.7 Å². The van der Waals surface area contributed by atoms with Gasteiger partial charge in [-0.25, -0.2) is 0 Å². The lowest BCUT2D eigenvalue weighted by molar-refractivity contribution is 0.145. The maximum Gasteiger partial charge on any atom is 0.0757 e. The van der Waals surface area contributed by atoms with Gasteiger partial charge >= 0.3 is 0 Å². The Balaban J connectivity index is 5.12. The molecular formula is C13H26N2O. The lowest BCUT2D eigenvalue weighted by atomic mass is 9.99. The van der Waals surface area contributed by atoms with E-state index in [1.54, 1.807) is 7.11 Å². The maximum atomic E-state index is 5.36. The largest absolute Gasteiger partial charge is 0.377 e. The van der Waals surface area contributed by atoms with E-state index in [0.717, 1.165) is 6.54 Å². The molecule has 0 radical (unpaired) electrons. The molecule has 0 aromatic heterocycles. The predicted octanol–water partition coefficient (Wildman–Crippen LogP) is 2.38. The van der Waals surface area contributed by atoms with Crippen molar-refractivity contribution in [3.63, 3.8) is 0 Å². The van der Waals surface area contributed by atoms with Crippen LogP contribution < -0.4 is 0 Å². The first-order chi connectivity index (χ1) is 7.49. The number of rotatable bonds is 6. The average Bonchev–Trinajstić information content (AvgIpc) is 2.32. The highest BCUT2D eigenvalue weighted by atomic mass is 16.5. The van der Waals surface area contributed by atoms with Gasteiger partial charge in [0.05, 0.1) is 6.10 Å². The third-order valence-corrected chi connectivity index (χ3v) is 3.30. The standard InChI is InChI=1S/C13H26N2O/c1-8-15(6)11(3)13(9-14-5)10(2)12(4)16-7/h9,11-12H,8H2,1-7H3. The molecule has 0 aliphatic heterocycles. The molecule has 16 heavy (non-hydrogen) atoms. The summed E-state index contributed by atoms with van der Waals surface area (Å²) in [7, 11) is 5.67. The van der Waals surface area contributed by atoms with Crippen molar-refractivity contribution < 1.29 is 4.74 Å². The third-order valence-electron chi connectivity index (χ3n) is 3.30. The van der Waals surface area contributed by atoms with Gasteiger partial charge in [0.1, 0.15) is 0 Å². The topological polar surface area (TPSA) is 24.8 Å². The van der Waals surface area contributed by atoms with E-state index in [1.807, 2.05) is 13.3 Å². The molecule has 0 aliphatic rings. The molecule has 0 heterocycles. The fourth-order valence-corrected chi connectivity index (χ4v) is 1.60. The highest BCUT2D eigenvalue weighted by molar-refractivity contribution is 5.81. The first-order valence-electron chi connectivity index (χ1n) is 5.85. The Morgan fingerprint density at radius 2 is 2.00 bits per heavy atom.